The van der Waals surface area contributed by atoms with E-state index in [-0.39, 0.29) is 32.2 Å². The number of hydrogen-bond donors (Lipinski definition) is 3. The van der Waals surface area contributed by atoms with Crippen LogP contribution in [-0.4, -0.2) is 79.2 Å². The molecule has 0 bridgehead atoms. The second-order valence-electron chi connectivity index (χ2n) is 12.5. The van der Waals surface area contributed by atoms with Gasteiger partial charge in [0.2, 0.25) is 6.10 Å². The minimum absolute atomic E-state index is 0.0662. The van der Waals surface area contributed by atoms with E-state index in [0.717, 1.165) is 5.56 Å². The van der Waals surface area contributed by atoms with Gasteiger partial charge in [0.25, 0.3) is 5.91 Å². The molecule has 0 saturated heterocycles. The van der Waals surface area contributed by atoms with Crippen molar-refractivity contribution in [3.8, 4) is 0 Å². The molecule has 0 spiro atoms. The Kier molecular flexibility index (Phi) is 15.7. The van der Waals surface area contributed by atoms with Crippen LogP contribution < -0.4 is 16.0 Å². The fraction of sp³-hybridized carbons (Fsp3) is 0.645. The van der Waals surface area contributed by atoms with Gasteiger partial charge < -0.3 is 39.6 Å². The lowest BCUT2D eigenvalue weighted by Gasteiger charge is -2.30. The maximum absolute atomic E-state index is 13.5. The molecule has 13 nitrogen and oxygen atoms in total. The smallest absolute Gasteiger partial charge is 0.408 e. The third kappa shape index (κ3) is 16.7. The van der Waals surface area contributed by atoms with Gasteiger partial charge in [-0.05, 0) is 66.4 Å². The van der Waals surface area contributed by atoms with Crippen LogP contribution in [0.3, 0.4) is 0 Å². The SMILES string of the molecule is CCOC(=O)CNC(=O)C(OC(=O)[C@@H](CC(C)C)NC(=O)OC(C)(C)C)[C@H](COCc1ccccc1)NC(=O)OC(C)(C)C. The molecule has 0 heterocycles. The molecule has 0 fully saturated rings. The fourth-order valence-corrected chi connectivity index (χ4v) is 3.67. The van der Waals surface area contributed by atoms with Crippen molar-refractivity contribution in [2.24, 2.45) is 5.92 Å². The molecule has 1 aromatic rings. The van der Waals surface area contributed by atoms with Gasteiger partial charge in [0, 0.05) is 0 Å². The van der Waals surface area contributed by atoms with Crippen molar-refractivity contribution >= 4 is 30.0 Å². The minimum atomic E-state index is -1.70. The standard InChI is InChI=1S/C31H49N3O10/c1-10-41-24(35)17-32-26(36)25(42-27(37)22(16-20(2)3)33-28(38)43-30(4,5)6)23(34-29(39)44-31(7,8)9)19-40-18-21-14-12-11-13-15-21/h11-15,20,22-23,25H,10,16-19H2,1-9H3,(H,32,36)(H,33,38)(H,34,39)/t22-,23+,25?/m1/s1. The van der Waals surface area contributed by atoms with Crippen LogP contribution in [0, 0.1) is 5.92 Å². The molecule has 0 aliphatic heterocycles. The number of carbonyl (C=O) groups is 5. The summed E-state index contributed by atoms with van der Waals surface area (Å²) in [6.45, 7) is 14.7. The number of nitrogens with one attached hydrogen (secondary N) is 3. The van der Waals surface area contributed by atoms with Gasteiger partial charge in [-0.15, -0.1) is 0 Å². The molecule has 1 unspecified atom stereocenters. The van der Waals surface area contributed by atoms with Crippen molar-refractivity contribution < 1.29 is 47.7 Å². The predicted octanol–water partition coefficient (Wildman–Crippen LogP) is 3.63. The lowest BCUT2D eigenvalue weighted by Crippen LogP contribution is -2.57. The van der Waals surface area contributed by atoms with Crippen LogP contribution in [0.1, 0.15) is 74.3 Å². The molecule has 0 aliphatic carbocycles. The third-order valence-corrected chi connectivity index (χ3v) is 5.37. The van der Waals surface area contributed by atoms with Gasteiger partial charge in [0.05, 0.1) is 19.8 Å². The van der Waals surface area contributed by atoms with Crippen molar-refractivity contribution in [1.82, 2.24) is 16.0 Å². The second kappa shape index (κ2) is 18.1. The summed E-state index contributed by atoms with van der Waals surface area (Å²) in [4.78, 5) is 64.3. The lowest BCUT2D eigenvalue weighted by molar-refractivity contribution is -0.161. The van der Waals surface area contributed by atoms with Crippen molar-refractivity contribution in [1.29, 1.82) is 0 Å². The molecule has 248 valence electrons. The summed E-state index contributed by atoms with van der Waals surface area (Å²) >= 11 is 0. The van der Waals surface area contributed by atoms with E-state index in [0.29, 0.717) is 0 Å². The maximum Gasteiger partial charge on any atom is 0.408 e. The maximum atomic E-state index is 13.5. The quantitative estimate of drug-likeness (QED) is 0.194. The molecule has 0 aromatic heterocycles. The first-order valence-corrected chi connectivity index (χ1v) is 14.6. The molecule has 0 saturated carbocycles. The summed E-state index contributed by atoms with van der Waals surface area (Å²) in [5.41, 5.74) is -0.885. The number of hydrogen-bond acceptors (Lipinski definition) is 10. The fourth-order valence-electron chi connectivity index (χ4n) is 3.67. The summed E-state index contributed by atoms with van der Waals surface area (Å²) in [5, 5.41) is 7.45. The number of ether oxygens (including phenoxy) is 5. The molecule has 13 heteroatoms. The number of benzene rings is 1. The molecule has 1 rings (SSSR count). The molecule has 44 heavy (non-hydrogen) atoms. The Morgan fingerprint density at radius 3 is 1.93 bits per heavy atom. The van der Waals surface area contributed by atoms with Gasteiger partial charge in [0.15, 0.2) is 0 Å². The second-order valence-corrected chi connectivity index (χ2v) is 12.5. The van der Waals surface area contributed by atoms with Gasteiger partial charge in [-0.1, -0.05) is 44.2 Å². The number of rotatable bonds is 15. The molecule has 3 atom stereocenters. The van der Waals surface area contributed by atoms with Crippen LogP contribution in [0.25, 0.3) is 0 Å². The van der Waals surface area contributed by atoms with Gasteiger partial charge in [-0.25, -0.2) is 14.4 Å². The Labute approximate surface area is 260 Å². The minimum Gasteiger partial charge on any atom is -0.465 e. The van der Waals surface area contributed by atoms with Crippen LogP contribution in [0.2, 0.25) is 0 Å². The third-order valence-electron chi connectivity index (χ3n) is 5.37. The summed E-state index contributed by atoms with van der Waals surface area (Å²) < 4.78 is 27.0. The Morgan fingerprint density at radius 1 is 0.841 bits per heavy atom. The van der Waals surface area contributed by atoms with Crippen molar-refractivity contribution in [2.75, 3.05) is 19.8 Å². The topological polar surface area (TPSA) is 168 Å². The molecular weight excluding hydrogens is 574 g/mol. The zero-order chi connectivity index (χ0) is 33.5. The van der Waals surface area contributed by atoms with Crippen LogP contribution >= 0.6 is 0 Å². The van der Waals surface area contributed by atoms with Crippen LogP contribution in [0.4, 0.5) is 9.59 Å². The normalized spacial score (nSPS) is 13.6. The number of amides is 3. The molecule has 0 radical (unpaired) electrons. The first kappa shape index (κ1) is 38.2. The average Bonchev–Trinajstić information content (AvgIpc) is 2.87. The average molecular weight is 624 g/mol. The predicted molar refractivity (Wildman–Crippen MR) is 161 cm³/mol. The van der Waals surface area contributed by atoms with E-state index in [2.05, 4.69) is 16.0 Å². The molecule has 1 aromatic carbocycles. The summed E-state index contributed by atoms with van der Waals surface area (Å²) in [6.07, 6.45) is -3.28. The van der Waals surface area contributed by atoms with Crippen LogP contribution in [-0.2, 0) is 44.7 Å². The Hall–Kier alpha value is -3.87. The van der Waals surface area contributed by atoms with E-state index in [4.69, 9.17) is 23.7 Å². The molecule has 3 N–H and O–H groups in total. The monoisotopic (exact) mass is 623 g/mol. The van der Waals surface area contributed by atoms with Crippen molar-refractivity contribution in [3.63, 3.8) is 0 Å². The number of alkyl carbamates (subject to hydrolysis) is 2. The Morgan fingerprint density at radius 2 is 1.41 bits per heavy atom. The highest BCUT2D eigenvalue weighted by atomic mass is 16.6. The van der Waals surface area contributed by atoms with Gasteiger partial charge >= 0.3 is 24.1 Å². The van der Waals surface area contributed by atoms with Crippen molar-refractivity contribution in [2.45, 2.75) is 105 Å². The highest BCUT2D eigenvalue weighted by Gasteiger charge is 2.37. The largest absolute Gasteiger partial charge is 0.465 e. The van der Waals surface area contributed by atoms with E-state index in [1.54, 1.807) is 48.5 Å². The van der Waals surface area contributed by atoms with Crippen LogP contribution in [0.5, 0.6) is 0 Å². The van der Waals surface area contributed by atoms with Crippen LogP contribution in [0.15, 0.2) is 30.3 Å². The van der Waals surface area contributed by atoms with Crippen molar-refractivity contribution in [3.05, 3.63) is 35.9 Å². The Bertz CT molecular complexity index is 1080. The van der Waals surface area contributed by atoms with E-state index >= 15 is 0 Å². The van der Waals surface area contributed by atoms with E-state index in [9.17, 15) is 24.0 Å². The zero-order valence-corrected chi connectivity index (χ0v) is 27.3. The number of carbonyl (C=O) groups excluding carboxylic acids is 5. The zero-order valence-electron chi connectivity index (χ0n) is 27.3. The molecular formula is C31H49N3O10. The highest BCUT2D eigenvalue weighted by molar-refractivity contribution is 5.89. The van der Waals surface area contributed by atoms with Gasteiger partial charge in [-0.2, -0.15) is 0 Å². The summed E-state index contributed by atoms with van der Waals surface area (Å²) in [7, 11) is 0. The first-order chi connectivity index (χ1) is 20.4. The van der Waals surface area contributed by atoms with Gasteiger partial charge in [0.1, 0.15) is 29.8 Å². The highest BCUT2D eigenvalue weighted by Crippen LogP contribution is 2.14. The summed E-state index contributed by atoms with van der Waals surface area (Å²) in [5.74, 6) is -2.65. The van der Waals surface area contributed by atoms with E-state index in [1.807, 2.05) is 44.2 Å². The van der Waals surface area contributed by atoms with E-state index in [1.165, 1.54) is 0 Å². The summed E-state index contributed by atoms with van der Waals surface area (Å²) in [6, 6.07) is 6.71. The first-order valence-electron chi connectivity index (χ1n) is 14.6. The van der Waals surface area contributed by atoms with E-state index < -0.39 is 66.0 Å². The molecule has 0 aliphatic rings. The number of esters is 2. The Balaban J connectivity index is 3.35. The van der Waals surface area contributed by atoms with Gasteiger partial charge in [-0.3, -0.25) is 9.59 Å². The lowest BCUT2D eigenvalue weighted by atomic mass is 10.0. The molecule has 3 amide bonds.